The van der Waals surface area contributed by atoms with Gasteiger partial charge in [-0.3, -0.25) is 0 Å². The lowest BCUT2D eigenvalue weighted by molar-refractivity contribution is 0.203. The Hall–Kier alpha value is 0.777. The van der Waals surface area contributed by atoms with E-state index >= 15 is 0 Å². The minimum atomic E-state index is -2.49. The van der Waals surface area contributed by atoms with Gasteiger partial charge in [0.1, 0.15) is 0 Å². The molecule has 0 aromatic heterocycles. The molecule has 0 aliphatic heterocycles. The van der Waals surface area contributed by atoms with Gasteiger partial charge in [-0.1, -0.05) is 18.0 Å². The summed E-state index contributed by atoms with van der Waals surface area (Å²) in [7, 11) is -2.49. The molecule has 1 atom stereocenters. The molecule has 0 aliphatic carbocycles. The first-order valence-electron chi connectivity index (χ1n) is 3.71. The smallest absolute Gasteiger partial charge is 0.383 e. The standard InChI is InChI=1S/C6H15ClO2SSi/c1-4-8-11(7,6(3)10)9-5-2/h6,10H,4-5H2,1-3H3. The Morgan fingerprint density at radius 1 is 1.36 bits per heavy atom. The van der Waals surface area contributed by atoms with Crippen LogP contribution in [-0.2, 0) is 8.85 Å². The Morgan fingerprint density at radius 3 is 1.91 bits per heavy atom. The average molecular weight is 215 g/mol. The molecule has 2 nitrogen and oxygen atoms in total. The molecule has 1 unspecified atom stereocenters. The van der Waals surface area contributed by atoms with E-state index in [-0.39, 0.29) is 4.87 Å². The van der Waals surface area contributed by atoms with E-state index in [0.717, 1.165) is 0 Å². The minimum absolute atomic E-state index is 0.0101. The highest BCUT2D eigenvalue weighted by Crippen LogP contribution is 2.21. The number of hydrogen-bond acceptors (Lipinski definition) is 3. The highest BCUT2D eigenvalue weighted by atomic mass is 35.6. The zero-order valence-electron chi connectivity index (χ0n) is 7.13. The molecule has 0 saturated heterocycles. The van der Waals surface area contributed by atoms with Crippen molar-refractivity contribution >= 4 is 31.6 Å². The molecule has 0 N–H and O–H groups in total. The molecule has 0 rings (SSSR count). The normalized spacial score (nSPS) is 15.0. The van der Waals surface area contributed by atoms with E-state index in [4.69, 9.17) is 19.9 Å². The first-order valence-corrected chi connectivity index (χ1v) is 7.14. The van der Waals surface area contributed by atoms with E-state index < -0.39 is 7.87 Å². The minimum Gasteiger partial charge on any atom is -0.383 e. The Bertz CT molecular complexity index is 107. The molecule has 68 valence electrons. The summed E-state index contributed by atoms with van der Waals surface area (Å²) in [5, 5.41) is 0. The topological polar surface area (TPSA) is 18.5 Å². The van der Waals surface area contributed by atoms with Crippen molar-refractivity contribution in [3.8, 4) is 0 Å². The summed E-state index contributed by atoms with van der Waals surface area (Å²) in [5.41, 5.74) is 0. The van der Waals surface area contributed by atoms with Gasteiger partial charge in [0, 0.05) is 13.2 Å². The van der Waals surface area contributed by atoms with E-state index in [9.17, 15) is 0 Å². The summed E-state index contributed by atoms with van der Waals surface area (Å²) in [5.74, 6) is 0. The molecular formula is C6H15ClO2SSi. The maximum atomic E-state index is 6.09. The molecule has 0 aliphatic rings. The zero-order chi connectivity index (χ0) is 8.91. The lowest BCUT2D eigenvalue weighted by atomic mass is 10.9. The zero-order valence-corrected chi connectivity index (χ0v) is 9.78. The van der Waals surface area contributed by atoms with Gasteiger partial charge in [-0.05, 0) is 13.8 Å². The van der Waals surface area contributed by atoms with Crippen LogP contribution >= 0.6 is 23.7 Å². The third kappa shape index (κ3) is 3.80. The van der Waals surface area contributed by atoms with Crippen LogP contribution in [0.15, 0.2) is 0 Å². The van der Waals surface area contributed by atoms with Crippen LogP contribution in [0.4, 0.5) is 0 Å². The average Bonchev–Trinajstić information content (AvgIpc) is 1.88. The van der Waals surface area contributed by atoms with E-state index in [1.165, 1.54) is 0 Å². The fourth-order valence-electron chi connectivity index (χ4n) is 0.676. The summed E-state index contributed by atoms with van der Waals surface area (Å²) in [6.07, 6.45) is 0. The predicted molar refractivity (Wildman–Crippen MR) is 53.3 cm³/mol. The highest BCUT2D eigenvalue weighted by molar-refractivity contribution is 7.83. The Labute approximate surface area is 79.6 Å². The van der Waals surface area contributed by atoms with Crippen molar-refractivity contribution in [2.75, 3.05) is 13.2 Å². The number of hydrogen-bond donors (Lipinski definition) is 1. The monoisotopic (exact) mass is 214 g/mol. The van der Waals surface area contributed by atoms with Crippen LogP contribution in [-0.4, -0.2) is 26.0 Å². The van der Waals surface area contributed by atoms with Crippen molar-refractivity contribution in [3.05, 3.63) is 0 Å². The molecule has 11 heavy (non-hydrogen) atoms. The van der Waals surface area contributed by atoms with Gasteiger partial charge in [-0.25, -0.2) is 0 Å². The predicted octanol–water partition coefficient (Wildman–Crippen LogP) is 2.09. The van der Waals surface area contributed by atoms with E-state index in [2.05, 4.69) is 12.6 Å². The molecule has 0 bridgehead atoms. The second-order valence-corrected chi connectivity index (χ2v) is 7.57. The van der Waals surface area contributed by atoms with Gasteiger partial charge in [0.25, 0.3) is 0 Å². The van der Waals surface area contributed by atoms with Gasteiger partial charge >= 0.3 is 7.87 Å². The molecule has 0 heterocycles. The van der Waals surface area contributed by atoms with Crippen LogP contribution in [0.1, 0.15) is 20.8 Å². The van der Waals surface area contributed by atoms with Crippen LogP contribution in [0, 0.1) is 0 Å². The first-order chi connectivity index (χ1) is 5.06. The van der Waals surface area contributed by atoms with Gasteiger partial charge in [0.15, 0.2) is 0 Å². The van der Waals surface area contributed by atoms with Crippen molar-refractivity contribution in [1.82, 2.24) is 0 Å². The van der Waals surface area contributed by atoms with Crippen LogP contribution in [0.2, 0.25) is 0 Å². The van der Waals surface area contributed by atoms with Crippen LogP contribution in [0.25, 0.3) is 0 Å². The van der Waals surface area contributed by atoms with Crippen molar-refractivity contribution < 1.29 is 8.85 Å². The van der Waals surface area contributed by atoms with Crippen LogP contribution in [0.5, 0.6) is 0 Å². The van der Waals surface area contributed by atoms with Gasteiger partial charge in [-0.2, -0.15) is 12.6 Å². The van der Waals surface area contributed by atoms with Crippen molar-refractivity contribution in [1.29, 1.82) is 0 Å². The molecule has 0 amide bonds. The van der Waals surface area contributed by atoms with E-state index in [1.54, 1.807) is 0 Å². The fraction of sp³-hybridized carbons (Fsp3) is 1.00. The summed E-state index contributed by atoms with van der Waals surface area (Å²) >= 11 is 10.3. The third-order valence-electron chi connectivity index (χ3n) is 1.18. The Morgan fingerprint density at radius 2 is 1.73 bits per heavy atom. The highest BCUT2D eigenvalue weighted by Gasteiger charge is 2.40. The van der Waals surface area contributed by atoms with Gasteiger partial charge in [-0.15, -0.1) is 0 Å². The van der Waals surface area contributed by atoms with Gasteiger partial charge in [0.05, 0.1) is 4.87 Å². The largest absolute Gasteiger partial charge is 0.456 e. The van der Waals surface area contributed by atoms with Crippen molar-refractivity contribution in [3.63, 3.8) is 0 Å². The Balaban J connectivity index is 4.01. The van der Waals surface area contributed by atoms with Gasteiger partial charge in [0.2, 0.25) is 0 Å². The Kier molecular flexibility index (Phi) is 5.81. The van der Waals surface area contributed by atoms with Gasteiger partial charge < -0.3 is 8.85 Å². The van der Waals surface area contributed by atoms with E-state index in [1.807, 2.05) is 20.8 Å². The van der Waals surface area contributed by atoms with Crippen LogP contribution < -0.4 is 0 Å². The lowest BCUT2D eigenvalue weighted by Crippen LogP contribution is -2.44. The second kappa shape index (κ2) is 5.43. The molecule has 0 saturated carbocycles. The summed E-state index contributed by atoms with van der Waals surface area (Å²) < 4.78 is 10.7. The quantitative estimate of drug-likeness (QED) is 0.429. The second-order valence-electron chi connectivity index (χ2n) is 2.12. The molecule has 0 spiro atoms. The number of rotatable bonds is 5. The van der Waals surface area contributed by atoms with E-state index in [0.29, 0.717) is 13.2 Å². The molecule has 0 fully saturated rings. The molecule has 5 heteroatoms. The number of halogens is 1. The maximum Gasteiger partial charge on any atom is 0.456 e. The number of thiol groups is 1. The summed E-state index contributed by atoms with van der Waals surface area (Å²) in [4.78, 5) is -0.0101. The molecule has 0 radical (unpaired) electrons. The summed E-state index contributed by atoms with van der Waals surface area (Å²) in [6, 6.07) is 0. The lowest BCUT2D eigenvalue weighted by Gasteiger charge is -2.25. The molecule has 0 aromatic carbocycles. The molecular weight excluding hydrogens is 200 g/mol. The molecule has 0 aromatic rings. The van der Waals surface area contributed by atoms with Crippen molar-refractivity contribution in [2.24, 2.45) is 0 Å². The van der Waals surface area contributed by atoms with Crippen molar-refractivity contribution in [2.45, 2.75) is 25.6 Å². The maximum absolute atomic E-state index is 6.09. The fourth-order valence-corrected chi connectivity index (χ4v) is 3.13. The summed E-state index contributed by atoms with van der Waals surface area (Å²) in [6.45, 7) is 6.87. The van der Waals surface area contributed by atoms with Crippen LogP contribution in [0.3, 0.4) is 0 Å². The SMILES string of the molecule is CCO[Si](Cl)(OCC)C(C)S. The third-order valence-corrected chi connectivity index (χ3v) is 6.66. The first kappa shape index (κ1) is 11.8.